The first-order valence-electron chi connectivity index (χ1n) is 6.51. The van der Waals surface area contributed by atoms with Gasteiger partial charge in [-0.15, -0.1) is 0 Å². The van der Waals surface area contributed by atoms with E-state index in [0.717, 1.165) is 25.1 Å². The van der Waals surface area contributed by atoms with Gasteiger partial charge in [-0.05, 0) is 40.2 Å². The molecule has 1 fully saturated rings. The molecule has 5 heteroatoms. The van der Waals surface area contributed by atoms with Crippen LogP contribution in [0.1, 0.15) is 45.2 Å². The van der Waals surface area contributed by atoms with Gasteiger partial charge < -0.3 is 5.11 Å². The SMILES string of the molecule is CCn1cc(C(C)N2CCCC2(C)C(=O)O)cn1. The molecule has 2 unspecified atom stereocenters. The highest BCUT2D eigenvalue weighted by Gasteiger charge is 2.45. The Hall–Kier alpha value is -1.36. The summed E-state index contributed by atoms with van der Waals surface area (Å²) in [5.41, 5.74) is 0.347. The fraction of sp³-hybridized carbons (Fsp3) is 0.692. The second-order valence-corrected chi connectivity index (χ2v) is 5.18. The van der Waals surface area contributed by atoms with Gasteiger partial charge in [-0.1, -0.05) is 0 Å². The highest BCUT2D eigenvalue weighted by molar-refractivity contribution is 5.78. The van der Waals surface area contributed by atoms with Crippen molar-refractivity contribution in [1.29, 1.82) is 0 Å². The Kier molecular flexibility index (Phi) is 3.43. The van der Waals surface area contributed by atoms with Crippen molar-refractivity contribution in [1.82, 2.24) is 14.7 Å². The molecule has 2 atom stereocenters. The molecule has 100 valence electrons. The Morgan fingerprint density at radius 2 is 2.39 bits per heavy atom. The van der Waals surface area contributed by atoms with Crippen molar-refractivity contribution < 1.29 is 9.90 Å². The van der Waals surface area contributed by atoms with Crippen LogP contribution >= 0.6 is 0 Å². The van der Waals surface area contributed by atoms with Crippen LogP contribution in [0.4, 0.5) is 0 Å². The molecule has 1 N–H and O–H groups in total. The van der Waals surface area contributed by atoms with Crippen molar-refractivity contribution in [2.24, 2.45) is 0 Å². The molecule has 2 heterocycles. The van der Waals surface area contributed by atoms with Crippen LogP contribution in [0.2, 0.25) is 0 Å². The number of carbonyl (C=O) groups is 1. The molecule has 0 spiro atoms. The predicted molar refractivity (Wildman–Crippen MR) is 68.3 cm³/mol. The molecule has 1 aliphatic heterocycles. The van der Waals surface area contributed by atoms with Crippen molar-refractivity contribution in [3.8, 4) is 0 Å². The minimum absolute atomic E-state index is 0.0916. The topological polar surface area (TPSA) is 58.4 Å². The van der Waals surface area contributed by atoms with E-state index in [1.807, 2.05) is 30.9 Å². The number of carboxylic acid groups (broad SMARTS) is 1. The molecular formula is C13H21N3O2. The lowest BCUT2D eigenvalue weighted by atomic mass is 9.97. The van der Waals surface area contributed by atoms with E-state index in [1.54, 1.807) is 0 Å². The quantitative estimate of drug-likeness (QED) is 0.888. The summed E-state index contributed by atoms with van der Waals surface area (Å²) in [4.78, 5) is 13.5. The molecule has 1 saturated heterocycles. The van der Waals surface area contributed by atoms with Crippen molar-refractivity contribution in [2.75, 3.05) is 6.54 Å². The maximum Gasteiger partial charge on any atom is 0.323 e. The first kappa shape index (κ1) is 13.1. The van der Waals surface area contributed by atoms with Crippen LogP contribution in [0.3, 0.4) is 0 Å². The molecule has 18 heavy (non-hydrogen) atoms. The van der Waals surface area contributed by atoms with Gasteiger partial charge >= 0.3 is 5.97 Å². The lowest BCUT2D eigenvalue weighted by Gasteiger charge is -2.35. The summed E-state index contributed by atoms with van der Waals surface area (Å²) in [6.07, 6.45) is 5.50. The maximum absolute atomic E-state index is 11.5. The minimum Gasteiger partial charge on any atom is -0.480 e. The fourth-order valence-electron chi connectivity index (χ4n) is 2.78. The predicted octanol–water partition coefficient (Wildman–Crippen LogP) is 1.90. The second kappa shape index (κ2) is 4.72. The van der Waals surface area contributed by atoms with E-state index in [0.29, 0.717) is 6.42 Å². The van der Waals surface area contributed by atoms with E-state index in [1.165, 1.54) is 0 Å². The highest BCUT2D eigenvalue weighted by atomic mass is 16.4. The highest BCUT2D eigenvalue weighted by Crippen LogP contribution is 2.36. The van der Waals surface area contributed by atoms with Crippen LogP contribution in [0.25, 0.3) is 0 Å². The van der Waals surface area contributed by atoms with Gasteiger partial charge in [0, 0.05) is 24.3 Å². The molecule has 0 radical (unpaired) electrons. The number of hydrogen-bond acceptors (Lipinski definition) is 3. The van der Waals surface area contributed by atoms with Crippen molar-refractivity contribution in [3.63, 3.8) is 0 Å². The normalized spacial score (nSPS) is 26.4. The Balaban J connectivity index is 2.22. The number of likely N-dealkylation sites (tertiary alicyclic amines) is 1. The van der Waals surface area contributed by atoms with Gasteiger partial charge in [-0.25, -0.2) is 0 Å². The molecule has 1 aliphatic rings. The third kappa shape index (κ3) is 2.03. The van der Waals surface area contributed by atoms with Gasteiger partial charge in [0.15, 0.2) is 0 Å². The number of carboxylic acids is 1. The van der Waals surface area contributed by atoms with Gasteiger partial charge in [0.05, 0.1) is 6.20 Å². The summed E-state index contributed by atoms with van der Waals surface area (Å²) >= 11 is 0. The average molecular weight is 251 g/mol. The molecule has 0 aromatic carbocycles. The van der Waals surface area contributed by atoms with Gasteiger partial charge in [0.1, 0.15) is 5.54 Å². The van der Waals surface area contributed by atoms with E-state index < -0.39 is 11.5 Å². The molecule has 0 amide bonds. The number of aromatic nitrogens is 2. The molecule has 2 rings (SSSR count). The summed E-state index contributed by atoms with van der Waals surface area (Å²) in [5.74, 6) is -0.727. The first-order valence-corrected chi connectivity index (χ1v) is 6.51. The number of aryl methyl sites for hydroxylation is 1. The Morgan fingerprint density at radius 3 is 2.94 bits per heavy atom. The molecular weight excluding hydrogens is 230 g/mol. The monoisotopic (exact) mass is 251 g/mol. The van der Waals surface area contributed by atoms with E-state index >= 15 is 0 Å². The average Bonchev–Trinajstić information content (AvgIpc) is 2.95. The number of nitrogens with zero attached hydrogens (tertiary/aromatic N) is 3. The largest absolute Gasteiger partial charge is 0.480 e. The van der Waals surface area contributed by atoms with Crippen LogP contribution in [-0.2, 0) is 11.3 Å². The van der Waals surface area contributed by atoms with Gasteiger partial charge in [-0.2, -0.15) is 5.10 Å². The zero-order valence-electron chi connectivity index (χ0n) is 11.3. The van der Waals surface area contributed by atoms with E-state index in [-0.39, 0.29) is 6.04 Å². The first-order chi connectivity index (χ1) is 8.49. The lowest BCUT2D eigenvalue weighted by Crippen LogP contribution is -2.48. The summed E-state index contributed by atoms with van der Waals surface area (Å²) in [6.45, 7) is 7.59. The van der Waals surface area contributed by atoms with E-state index in [4.69, 9.17) is 0 Å². The third-order valence-corrected chi connectivity index (χ3v) is 4.08. The van der Waals surface area contributed by atoms with Crippen molar-refractivity contribution in [2.45, 2.75) is 51.7 Å². The Bertz CT molecular complexity index is 443. The van der Waals surface area contributed by atoms with Gasteiger partial charge in [0.2, 0.25) is 0 Å². The fourth-order valence-corrected chi connectivity index (χ4v) is 2.78. The smallest absolute Gasteiger partial charge is 0.323 e. The van der Waals surface area contributed by atoms with Crippen LogP contribution in [0.15, 0.2) is 12.4 Å². The second-order valence-electron chi connectivity index (χ2n) is 5.18. The molecule has 1 aromatic heterocycles. The Labute approximate surface area is 107 Å². The number of aliphatic carboxylic acids is 1. The van der Waals surface area contributed by atoms with Crippen molar-refractivity contribution in [3.05, 3.63) is 18.0 Å². The van der Waals surface area contributed by atoms with Crippen LogP contribution in [0.5, 0.6) is 0 Å². The molecule has 1 aromatic rings. The number of rotatable bonds is 4. The zero-order valence-corrected chi connectivity index (χ0v) is 11.3. The van der Waals surface area contributed by atoms with Crippen molar-refractivity contribution >= 4 is 5.97 Å². The summed E-state index contributed by atoms with van der Waals surface area (Å²) in [5, 5.41) is 13.7. The summed E-state index contributed by atoms with van der Waals surface area (Å²) < 4.78 is 1.88. The van der Waals surface area contributed by atoms with Gasteiger partial charge in [-0.3, -0.25) is 14.4 Å². The maximum atomic E-state index is 11.5. The molecule has 0 saturated carbocycles. The van der Waals surface area contributed by atoms with E-state index in [2.05, 4.69) is 16.9 Å². The molecule has 0 aliphatic carbocycles. The van der Waals surface area contributed by atoms with Crippen LogP contribution in [-0.4, -0.2) is 37.8 Å². The van der Waals surface area contributed by atoms with E-state index in [9.17, 15) is 9.90 Å². The Morgan fingerprint density at radius 1 is 1.67 bits per heavy atom. The summed E-state index contributed by atoms with van der Waals surface area (Å²) in [7, 11) is 0. The number of hydrogen-bond donors (Lipinski definition) is 1. The van der Waals surface area contributed by atoms with Crippen LogP contribution < -0.4 is 0 Å². The minimum atomic E-state index is -0.742. The van der Waals surface area contributed by atoms with Gasteiger partial charge in [0.25, 0.3) is 0 Å². The van der Waals surface area contributed by atoms with Crippen LogP contribution in [0, 0.1) is 0 Å². The lowest BCUT2D eigenvalue weighted by molar-refractivity contribution is -0.149. The molecule has 0 bridgehead atoms. The standard InChI is InChI=1S/C13H21N3O2/c1-4-15-9-11(8-14-15)10(2)16-7-5-6-13(16,3)12(17)18/h8-10H,4-7H2,1-3H3,(H,17,18). The third-order valence-electron chi connectivity index (χ3n) is 4.08. The zero-order chi connectivity index (χ0) is 13.3. The summed E-state index contributed by atoms with van der Waals surface area (Å²) in [6, 6.07) is 0.0916. The molecule has 5 nitrogen and oxygen atoms in total.